The Bertz CT molecular complexity index is 421. The summed E-state index contributed by atoms with van der Waals surface area (Å²) in [6, 6.07) is 5.58. The summed E-state index contributed by atoms with van der Waals surface area (Å²) in [6.07, 6.45) is 4.37. The van der Waals surface area contributed by atoms with E-state index in [9.17, 15) is 5.11 Å². The first-order valence-electron chi connectivity index (χ1n) is 4.63. The highest BCUT2D eigenvalue weighted by Crippen LogP contribution is 2.27. The van der Waals surface area contributed by atoms with Gasteiger partial charge in [0.15, 0.2) is 0 Å². The molecule has 0 radical (unpaired) electrons. The molecule has 1 heterocycles. The molecule has 0 aliphatic carbocycles. The summed E-state index contributed by atoms with van der Waals surface area (Å²) >= 11 is 0. The molecule has 0 fully saturated rings. The van der Waals surface area contributed by atoms with Gasteiger partial charge in [-0.1, -0.05) is 13.0 Å². The maximum Gasteiger partial charge on any atom is 0.141 e. The zero-order chi connectivity index (χ0) is 9.97. The van der Waals surface area contributed by atoms with E-state index in [1.165, 1.54) is 5.56 Å². The van der Waals surface area contributed by atoms with Gasteiger partial charge < -0.3 is 10.1 Å². The van der Waals surface area contributed by atoms with Crippen LogP contribution in [0.4, 0.5) is 0 Å². The van der Waals surface area contributed by atoms with Crippen molar-refractivity contribution in [1.82, 2.24) is 9.97 Å². The highest BCUT2D eigenvalue weighted by Gasteiger charge is 2.06. The summed E-state index contributed by atoms with van der Waals surface area (Å²) in [7, 11) is 0. The number of nitrogens with one attached hydrogen (secondary N) is 1. The summed E-state index contributed by atoms with van der Waals surface area (Å²) in [5, 5.41) is 9.64. The van der Waals surface area contributed by atoms with E-state index in [0.717, 1.165) is 12.0 Å². The molecule has 0 bridgehead atoms. The number of nitrogens with zero attached hydrogens (tertiary/aromatic N) is 1. The molecule has 0 aliphatic rings. The SMILES string of the molecule is CCc1ccc(O)c(-c2ncc[nH]2)c1. The molecule has 72 valence electrons. The fraction of sp³-hybridized carbons (Fsp3) is 0.182. The molecule has 2 rings (SSSR count). The van der Waals surface area contributed by atoms with Crippen LogP contribution in [-0.4, -0.2) is 15.1 Å². The Morgan fingerprint density at radius 2 is 2.29 bits per heavy atom. The van der Waals surface area contributed by atoms with Crippen LogP contribution in [0.3, 0.4) is 0 Å². The van der Waals surface area contributed by atoms with Crippen LogP contribution in [0.1, 0.15) is 12.5 Å². The third-order valence-corrected chi connectivity index (χ3v) is 2.22. The zero-order valence-corrected chi connectivity index (χ0v) is 7.99. The van der Waals surface area contributed by atoms with Crippen LogP contribution in [0.5, 0.6) is 5.75 Å². The van der Waals surface area contributed by atoms with Crippen LogP contribution >= 0.6 is 0 Å². The van der Waals surface area contributed by atoms with Crippen LogP contribution < -0.4 is 0 Å². The van der Waals surface area contributed by atoms with Crippen LogP contribution in [0, 0.1) is 0 Å². The minimum absolute atomic E-state index is 0.261. The first-order valence-corrected chi connectivity index (χ1v) is 4.63. The molecule has 0 spiro atoms. The van der Waals surface area contributed by atoms with E-state index in [1.54, 1.807) is 18.5 Å². The molecule has 0 amide bonds. The van der Waals surface area contributed by atoms with Crippen molar-refractivity contribution in [2.75, 3.05) is 0 Å². The van der Waals surface area contributed by atoms with E-state index in [4.69, 9.17) is 0 Å². The molecular formula is C11H12N2O. The lowest BCUT2D eigenvalue weighted by Gasteiger charge is -2.03. The maximum atomic E-state index is 9.64. The van der Waals surface area contributed by atoms with Gasteiger partial charge in [0.1, 0.15) is 11.6 Å². The largest absolute Gasteiger partial charge is 0.507 e. The van der Waals surface area contributed by atoms with Crippen molar-refractivity contribution in [3.05, 3.63) is 36.2 Å². The monoisotopic (exact) mass is 188 g/mol. The second-order valence-electron chi connectivity index (χ2n) is 3.14. The van der Waals surface area contributed by atoms with E-state index < -0.39 is 0 Å². The standard InChI is InChI=1S/C11H12N2O/c1-2-8-3-4-10(14)9(7-8)11-12-5-6-13-11/h3-7,14H,2H2,1H3,(H,12,13). The minimum atomic E-state index is 0.261. The molecule has 1 aromatic heterocycles. The Labute approximate surface area is 82.4 Å². The number of aromatic amines is 1. The molecule has 1 aromatic carbocycles. The molecule has 0 saturated carbocycles. The van der Waals surface area contributed by atoms with Crippen molar-refractivity contribution in [3.8, 4) is 17.1 Å². The molecule has 0 saturated heterocycles. The van der Waals surface area contributed by atoms with Gasteiger partial charge >= 0.3 is 0 Å². The van der Waals surface area contributed by atoms with Crippen molar-refractivity contribution in [1.29, 1.82) is 0 Å². The van der Waals surface area contributed by atoms with Crippen LogP contribution in [0.15, 0.2) is 30.6 Å². The van der Waals surface area contributed by atoms with Crippen molar-refractivity contribution in [2.24, 2.45) is 0 Å². The lowest BCUT2D eigenvalue weighted by Crippen LogP contribution is -1.85. The number of aromatic nitrogens is 2. The number of benzene rings is 1. The fourth-order valence-corrected chi connectivity index (χ4v) is 1.41. The molecule has 0 unspecified atom stereocenters. The van der Waals surface area contributed by atoms with E-state index in [0.29, 0.717) is 5.82 Å². The highest BCUT2D eigenvalue weighted by molar-refractivity contribution is 5.64. The zero-order valence-electron chi connectivity index (χ0n) is 7.99. The number of aryl methyl sites for hydroxylation is 1. The normalized spacial score (nSPS) is 10.4. The maximum absolute atomic E-state index is 9.64. The molecule has 0 aliphatic heterocycles. The predicted molar refractivity (Wildman–Crippen MR) is 55.1 cm³/mol. The molecule has 3 heteroatoms. The second-order valence-corrected chi connectivity index (χ2v) is 3.14. The summed E-state index contributed by atoms with van der Waals surface area (Å²) in [5.41, 5.74) is 1.95. The minimum Gasteiger partial charge on any atom is -0.507 e. The van der Waals surface area contributed by atoms with E-state index >= 15 is 0 Å². The Balaban J connectivity index is 2.51. The van der Waals surface area contributed by atoms with Gasteiger partial charge in [0, 0.05) is 12.4 Å². The summed E-state index contributed by atoms with van der Waals surface area (Å²) in [5.74, 6) is 0.968. The number of H-pyrrole nitrogens is 1. The van der Waals surface area contributed by atoms with Crippen molar-refractivity contribution in [2.45, 2.75) is 13.3 Å². The topological polar surface area (TPSA) is 48.9 Å². The summed E-state index contributed by atoms with van der Waals surface area (Å²) in [4.78, 5) is 7.08. The first kappa shape index (κ1) is 8.81. The van der Waals surface area contributed by atoms with Gasteiger partial charge in [0.25, 0.3) is 0 Å². The fourth-order valence-electron chi connectivity index (χ4n) is 1.41. The number of aromatic hydroxyl groups is 1. The first-order chi connectivity index (χ1) is 6.81. The van der Waals surface area contributed by atoms with Gasteiger partial charge in [0.05, 0.1) is 5.56 Å². The van der Waals surface area contributed by atoms with E-state index in [1.807, 2.05) is 12.1 Å². The van der Waals surface area contributed by atoms with Crippen LogP contribution in [0.25, 0.3) is 11.4 Å². The Kier molecular flexibility index (Phi) is 2.23. The second kappa shape index (κ2) is 3.54. The van der Waals surface area contributed by atoms with Crippen LogP contribution in [-0.2, 0) is 6.42 Å². The number of phenolic OH excluding ortho intramolecular Hbond substituents is 1. The van der Waals surface area contributed by atoms with Gasteiger partial charge in [-0.15, -0.1) is 0 Å². The van der Waals surface area contributed by atoms with Crippen molar-refractivity contribution < 1.29 is 5.11 Å². The molecule has 2 aromatic rings. The van der Waals surface area contributed by atoms with Gasteiger partial charge in [-0.3, -0.25) is 0 Å². The summed E-state index contributed by atoms with van der Waals surface area (Å²) < 4.78 is 0. The Hall–Kier alpha value is -1.77. The third-order valence-electron chi connectivity index (χ3n) is 2.22. The number of rotatable bonds is 2. The summed E-state index contributed by atoms with van der Waals surface area (Å²) in [6.45, 7) is 2.08. The number of hydrogen-bond acceptors (Lipinski definition) is 2. The predicted octanol–water partition coefficient (Wildman–Crippen LogP) is 2.34. The average molecular weight is 188 g/mol. The van der Waals surface area contributed by atoms with E-state index in [2.05, 4.69) is 16.9 Å². The van der Waals surface area contributed by atoms with Gasteiger partial charge in [0.2, 0.25) is 0 Å². The Morgan fingerprint density at radius 3 is 2.93 bits per heavy atom. The highest BCUT2D eigenvalue weighted by atomic mass is 16.3. The smallest absolute Gasteiger partial charge is 0.141 e. The average Bonchev–Trinajstić information content (AvgIpc) is 2.71. The Morgan fingerprint density at radius 1 is 1.43 bits per heavy atom. The molecule has 2 N–H and O–H groups in total. The third kappa shape index (κ3) is 1.48. The van der Waals surface area contributed by atoms with Crippen LogP contribution in [0.2, 0.25) is 0 Å². The molecular weight excluding hydrogens is 176 g/mol. The number of phenols is 1. The number of imidazole rings is 1. The quantitative estimate of drug-likeness (QED) is 0.760. The molecule has 14 heavy (non-hydrogen) atoms. The van der Waals surface area contributed by atoms with Gasteiger partial charge in [-0.2, -0.15) is 0 Å². The number of hydrogen-bond donors (Lipinski definition) is 2. The van der Waals surface area contributed by atoms with Gasteiger partial charge in [-0.05, 0) is 24.1 Å². The lowest BCUT2D eigenvalue weighted by atomic mass is 10.1. The molecule has 0 atom stereocenters. The van der Waals surface area contributed by atoms with Gasteiger partial charge in [-0.25, -0.2) is 4.98 Å². The molecule has 3 nitrogen and oxygen atoms in total. The lowest BCUT2D eigenvalue weighted by molar-refractivity contribution is 0.476. The van der Waals surface area contributed by atoms with E-state index in [-0.39, 0.29) is 5.75 Å². The van der Waals surface area contributed by atoms with Crippen molar-refractivity contribution >= 4 is 0 Å². The van der Waals surface area contributed by atoms with Crippen molar-refractivity contribution in [3.63, 3.8) is 0 Å².